The molecule has 0 aliphatic heterocycles. The molecular weight excluding hydrogens is 614 g/mol. The number of sulfonamides is 1. The van der Waals surface area contributed by atoms with Gasteiger partial charge in [0.1, 0.15) is 12.6 Å². The highest BCUT2D eigenvalue weighted by atomic mass is 79.9. The summed E-state index contributed by atoms with van der Waals surface area (Å²) < 4.78 is 27.6. The predicted molar refractivity (Wildman–Crippen MR) is 165 cm³/mol. The van der Waals surface area contributed by atoms with E-state index in [9.17, 15) is 18.0 Å². The van der Waals surface area contributed by atoms with Gasteiger partial charge in [0.25, 0.3) is 0 Å². The standard InChI is InChI=1S/C30H35BrClN3O4S/c1-5-22(3)33-30(37)28(17-23-10-7-6-8-11-23)34(19-24-12-9-13-25(31)16-24)29(36)20-35(40(4,38)39)26-15-14-21(2)27(32)18-26/h6-16,18,22,28H,5,17,19-20H2,1-4H3,(H,33,37)/t22-,28+/m1/s1. The van der Waals surface area contributed by atoms with Crippen LogP contribution in [0.15, 0.2) is 77.3 Å². The van der Waals surface area contributed by atoms with Crippen LogP contribution >= 0.6 is 27.5 Å². The monoisotopic (exact) mass is 647 g/mol. The molecule has 0 saturated heterocycles. The van der Waals surface area contributed by atoms with E-state index >= 15 is 0 Å². The number of carbonyl (C=O) groups excluding carboxylic acids is 2. The second-order valence-corrected chi connectivity index (χ2v) is 13.1. The van der Waals surface area contributed by atoms with E-state index in [4.69, 9.17) is 11.6 Å². The Morgan fingerprint density at radius 2 is 1.68 bits per heavy atom. The molecule has 0 aromatic heterocycles. The number of halogens is 2. The summed E-state index contributed by atoms with van der Waals surface area (Å²) >= 11 is 9.78. The Hall–Kier alpha value is -2.88. The molecule has 3 aromatic carbocycles. The number of nitrogens with zero attached hydrogens (tertiary/aromatic N) is 2. The first-order valence-electron chi connectivity index (χ1n) is 13.0. The van der Waals surface area contributed by atoms with E-state index in [1.807, 2.05) is 75.4 Å². The van der Waals surface area contributed by atoms with Crippen LogP contribution in [-0.2, 0) is 32.6 Å². The third-order valence-corrected chi connectivity index (χ3v) is 8.68. The zero-order valence-electron chi connectivity index (χ0n) is 23.1. The zero-order chi connectivity index (χ0) is 29.4. The topological polar surface area (TPSA) is 86.8 Å². The van der Waals surface area contributed by atoms with E-state index < -0.39 is 28.5 Å². The molecule has 10 heteroatoms. The maximum atomic E-state index is 14.1. The maximum absolute atomic E-state index is 14.1. The van der Waals surface area contributed by atoms with Gasteiger partial charge < -0.3 is 10.2 Å². The number of anilines is 1. The number of carbonyl (C=O) groups is 2. The van der Waals surface area contributed by atoms with Crippen molar-refractivity contribution in [1.29, 1.82) is 0 Å². The van der Waals surface area contributed by atoms with Crippen molar-refractivity contribution in [2.24, 2.45) is 0 Å². The van der Waals surface area contributed by atoms with Crippen LogP contribution in [0, 0.1) is 6.92 Å². The molecule has 2 amide bonds. The highest BCUT2D eigenvalue weighted by Gasteiger charge is 2.33. The first-order valence-corrected chi connectivity index (χ1v) is 16.0. The molecule has 1 N–H and O–H groups in total. The Morgan fingerprint density at radius 3 is 2.27 bits per heavy atom. The minimum absolute atomic E-state index is 0.101. The van der Waals surface area contributed by atoms with E-state index in [-0.39, 0.29) is 30.6 Å². The van der Waals surface area contributed by atoms with Crippen LogP contribution in [0.5, 0.6) is 0 Å². The molecule has 40 heavy (non-hydrogen) atoms. The average Bonchev–Trinajstić information content (AvgIpc) is 2.90. The molecule has 0 radical (unpaired) electrons. The largest absolute Gasteiger partial charge is 0.352 e. The van der Waals surface area contributed by atoms with Gasteiger partial charge in [-0.25, -0.2) is 8.42 Å². The Morgan fingerprint density at radius 1 is 1.00 bits per heavy atom. The van der Waals surface area contributed by atoms with E-state index in [1.165, 1.54) is 11.0 Å². The molecule has 2 atom stereocenters. The zero-order valence-corrected chi connectivity index (χ0v) is 26.3. The minimum atomic E-state index is -3.86. The van der Waals surface area contributed by atoms with E-state index in [2.05, 4.69) is 21.2 Å². The molecule has 3 aromatic rings. The maximum Gasteiger partial charge on any atom is 0.244 e. The van der Waals surface area contributed by atoms with Gasteiger partial charge in [-0.15, -0.1) is 0 Å². The molecule has 7 nitrogen and oxygen atoms in total. The number of hydrogen-bond acceptors (Lipinski definition) is 4. The summed E-state index contributed by atoms with van der Waals surface area (Å²) in [6.07, 6.45) is 2.03. The third kappa shape index (κ3) is 8.81. The fraction of sp³-hybridized carbons (Fsp3) is 0.333. The van der Waals surface area contributed by atoms with E-state index in [1.54, 1.807) is 12.1 Å². The number of nitrogens with one attached hydrogen (secondary N) is 1. The fourth-order valence-electron chi connectivity index (χ4n) is 4.18. The average molecular weight is 649 g/mol. The van der Waals surface area contributed by atoms with Crippen LogP contribution < -0.4 is 9.62 Å². The normalized spacial score (nSPS) is 12.8. The van der Waals surface area contributed by atoms with Gasteiger partial charge >= 0.3 is 0 Å². The van der Waals surface area contributed by atoms with Gasteiger partial charge in [-0.2, -0.15) is 0 Å². The molecule has 214 valence electrons. The second kappa shape index (κ2) is 14.1. The van der Waals surface area contributed by atoms with Crippen molar-refractivity contribution in [1.82, 2.24) is 10.2 Å². The molecule has 0 heterocycles. The first-order chi connectivity index (χ1) is 18.9. The molecule has 0 saturated carbocycles. The second-order valence-electron chi connectivity index (χ2n) is 9.88. The van der Waals surface area contributed by atoms with Crippen molar-refractivity contribution >= 4 is 55.1 Å². The van der Waals surface area contributed by atoms with Gasteiger partial charge in [-0.05, 0) is 61.2 Å². The smallest absolute Gasteiger partial charge is 0.244 e. The van der Waals surface area contributed by atoms with Crippen molar-refractivity contribution in [3.63, 3.8) is 0 Å². The number of hydrogen-bond donors (Lipinski definition) is 1. The van der Waals surface area contributed by atoms with Crippen molar-refractivity contribution in [3.05, 3.63) is 99.0 Å². The Bertz CT molecular complexity index is 1440. The SMILES string of the molecule is CC[C@@H](C)NC(=O)[C@H](Cc1ccccc1)N(Cc1cccc(Br)c1)C(=O)CN(c1ccc(C)c(Cl)c1)S(C)(=O)=O. The molecule has 0 aliphatic rings. The lowest BCUT2D eigenvalue weighted by Gasteiger charge is -2.34. The molecule has 0 spiro atoms. The molecule has 0 bridgehead atoms. The number of amides is 2. The van der Waals surface area contributed by atoms with Gasteiger partial charge in [-0.1, -0.05) is 83.0 Å². The van der Waals surface area contributed by atoms with Crippen molar-refractivity contribution in [2.45, 2.75) is 52.2 Å². The fourth-order valence-corrected chi connectivity index (χ4v) is 5.64. The van der Waals surface area contributed by atoms with E-state index in [0.29, 0.717) is 5.02 Å². The van der Waals surface area contributed by atoms with Crippen LogP contribution in [-0.4, -0.2) is 50.0 Å². The van der Waals surface area contributed by atoms with Crippen molar-refractivity contribution < 1.29 is 18.0 Å². The van der Waals surface area contributed by atoms with Crippen LogP contribution in [0.3, 0.4) is 0 Å². The molecule has 0 aliphatic carbocycles. The van der Waals surface area contributed by atoms with E-state index in [0.717, 1.165) is 38.1 Å². The third-order valence-electron chi connectivity index (χ3n) is 6.64. The van der Waals surface area contributed by atoms with Crippen molar-refractivity contribution in [2.75, 3.05) is 17.1 Å². The lowest BCUT2D eigenvalue weighted by atomic mass is 10.0. The molecular formula is C30H35BrClN3O4S. The molecule has 0 fully saturated rings. The number of rotatable bonds is 12. The van der Waals surface area contributed by atoms with Crippen LogP contribution in [0.1, 0.15) is 37.0 Å². The Kier molecular flexibility index (Phi) is 11.2. The minimum Gasteiger partial charge on any atom is -0.352 e. The van der Waals surface area contributed by atoms with Gasteiger partial charge in [0, 0.05) is 28.5 Å². The predicted octanol–water partition coefficient (Wildman–Crippen LogP) is 5.73. The van der Waals surface area contributed by atoms with Crippen molar-refractivity contribution in [3.8, 4) is 0 Å². The molecule has 0 unspecified atom stereocenters. The number of aryl methyl sites for hydroxylation is 1. The summed E-state index contributed by atoms with van der Waals surface area (Å²) in [6, 6.07) is 20.8. The van der Waals surface area contributed by atoms with Gasteiger partial charge in [0.2, 0.25) is 21.8 Å². The summed E-state index contributed by atoms with van der Waals surface area (Å²) in [5.74, 6) is -0.812. The van der Waals surface area contributed by atoms with Crippen LogP contribution in [0.25, 0.3) is 0 Å². The Labute approximate surface area is 250 Å². The quantitative estimate of drug-likeness (QED) is 0.272. The first kappa shape index (κ1) is 31.6. The van der Waals surface area contributed by atoms with Crippen LogP contribution in [0.4, 0.5) is 5.69 Å². The summed E-state index contributed by atoms with van der Waals surface area (Å²) in [4.78, 5) is 29.3. The Balaban J connectivity index is 2.07. The van der Waals surface area contributed by atoms with Gasteiger partial charge in [0.15, 0.2) is 0 Å². The summed E-state index contributed by atoms with van der Waals surface area (Å²) in [5, 5.41) is 3.41. The highest BCUT2D eigenvalue weighted by molar-refractivity contribution is 9.10. The van der Waals surface area contributed by atoms with Crippen LogP contribution in [0.2, 0.25) is 5.02 Å². The summed E-state index contributed by atoms with van der Waals surface area (Å²) in [5.41, 5.74) is 2.73. The lowest BCUT2D eigenvalue weighted by Crippen LogP contribution is -2.54. The lowest BCUT2D eigenvalue weighted by molar-refractivity contribution is -0.140. The summed E-state index contributed by atoms with van der Waals surface area (Å²) in [6.45, 7) is 5.30. The number of benzene rings is 3. The van der Waals surface area contributed by atoms with Gasteiger partial charge in [-0.3, -0.25) is 13.9 Å². The highest BCUT2D eigenvalue weighted by Crippen LogP contribution is 2.26. The summed E-state index contributed by atoms with van der Waals surface area (Å²) in [7, 11) is -3.86. The molecule has 3 rings (SSSR count). The van der Waals surface area contributed by atoms with Gasteiger partial charge in [0.05, 0.1) is 11.9 Å².